The fourth-order valence-electron chi connectivity index (χ4n) is 1.99. The van der Waals surface area contributed by atoms with E-state index in [1.807, 2.05) is 13.0 Å². The van der Waals surface area contributed by atoms with Gasteiger partial charge in [-0.25, -0.2) is 4.98 Å². The average molecular weight is 366 g/mol. The van der Waals surface area contributed by atoms with E-state index >= 15 is 0 Å². The molecule has 0 aromatic carbocycles. The predicted octanol–water partition coefficient (Wildman–Crippen LogP) is 3.99. The van der Waals surface area contributed by atoms with Crippen molar-refractivity contribution in [2.45, 2.75) is 20.0 Å². The minimum Gasteiger partial charge on any atom is -0.289 e. The first kappa shape index (κ1) is 18.6. The van der Waals surface area contributed by atoms with Gasteiger partial charge in [-0.2, -0.15) is 18.4 Å². The van der Waals surface area contributed by atoms with Crippen molar-refractivity contribution in [1.82, 2.24) is 9.97 Å². The maximum atomic E-state index is 12.6. The van der Waals surface area contributed by atoms with Crippen LogP contribution in [0.1, 0.15) is 30.8 Å². The molecule has 0 bridgehead atoms. The number of allylic oxidation sites excluding steroid dienone is 1. The smallest absolute Gasteiger partial charge is 0.289 e. The SMILES string of the molecule is CCN(C(C)=O)c1nc(/C=C(\C#N)c2ccc(C(F)(F)F)cn2)cs1. The van der Waals surface area contributed by atoms with Gasteiger partial charge >= 0.3 is 6.18 Å². The third kappa shape index (κ3) is 4.42. The lowest BCUT2D eigenvalue weighted by Crippen LogP contribution is -2.27. The molecule has 0 unspecified atom stereocenters. The lowest BCUT2D eigenvalue weighted by molar-refractivity contribution is -0.137. The number of thiazole rings is 1. The first-order valence-corrected chi connectivity index (χ1v) is 8.03. The third-order valence-electron chi connectivity index (χ3n) is 3.22. The highest BCUT2D eigenvalue weighted by Crippen LogP contribution is 2.29. The van der Waals surface area contributed by atoms with E-state index in [2.05, 4.69) is 9.97 Å². The van der Waals surface area contributed by atoms with Crippen LogP contribution in [0.2, 0.25) is 0 Å². The van der Waals surface area contributed by atoms with Crippen molar-refractivity contribution in [2.75, 3.05) is 11.4 Å². The van der Waals surface area contributed by atoms with Crippen LogP contribution in [-0.4, -0.2) is 22.4 Å². The van der Waals surface area contributed by atoms with Crippen LogP contribution in [0.4, 0.5) is 18.3 Å². The van der Waals surface area contributed by atoms with Gasteiger partial charge in [0.25, 0.3) is 0 Å². The molecule has 0 aliphatic rings. The number of carbonyl (C=O) groups excluding carboxylic acids is 1. The van der Waals surface area contributed by atoms with Crippen molar-refractivity contribution in [3.8, 4) is 6.07 Å². The molecule has 2 rings (SSSR count). The Hall–Kier alpha value is -2.73. The number of alkyl halides is 3. The van der Waals surface area contributed by atoms with Gasteiger partial charge in [0.1, 0.15) is 6.07 Å². The minimum absolute atomic E-state index is 0.0800. The van der Waals surface area contributed by atoms with Crippen molar-refractivity contribution in [2.24, 2.45) is 0 Å². The highest BCUT2D eigenvalue weighted by molar-refractivity contribution is 7.14. The Labute approximate surface area is 146 Å². The third-order valence-corrected chi connectivity index (χ3v) is 4.10. The predicted molar refractivity (Wildman–Crippen MR) is 88.5 cm³/mol. The molecule has 0 aliphatic carbocycles. The van der Waals surface area contributed by atoms with Gasteiger partial charge < -0.3 is 0 Å². The molecule has 2 aromatic rings. The molecule has 0 saturated heterocycles. The average Bonchev–Trinajstić information content (AvgIpc) is 3.00. The molecule has 130 valence electrons. The van der Waals surface area contributed by atoms with Gasteiger partial charge in [0, 0.05) is 25.0 Å². The molecule has 9 heteroatoms. The van der Waals surface area contributed by atoms with Gasteiger partial charge in [-0.05, 0) is 25.1 Å². The molecule has 25 heavy (non-hydrogen) atoms. The van der Waals surface area contributed by atoms with Crippen LogP contribution in [-0.2, 0) is 11.0 Å². The van der Waals surface area contributed by atoms with Crippen LogP contribution >= 0.6 is 11.3 Å². The number of pyridine rings is 1. The van der Waals surface area contributed by atoms with Gasteiger partial charge in [-0.3, -0.25) is 14.7 Å². The van der Waals surface area contributed by atoms with E-state index in [-0.39, 0.29) is 17.2 Å². The molecule has 0 fully saturated rings. The highest BCUT2D eigenvalue weighted by Gasteiger charge is 2.30. The van der Waals surface area contributed by atoms with Crippen molar-refractivity contribution >= 4 is 34.0 Å². The first-order valence-electron chi connectivity index (χ1n) is 7.15. The molecule has 0 radical (unpaired) electrons. The van der Waals surface area contributed by atoms with Crippen LogP contribution < -0.4 is 4.90 Å². The second-order valence-corrected chi connectivity index (χ2v) is 5.75. The number of anilines is 1. The standard InChI is InChI=1S/C16H13F3N4OS/c1-3-23(10(2)24)15-22-13(9-25-15)6-11(7-20)14-5-4-12(8-21-14)16(17,18)19/h4-6,8-9H,3H2,1-2H3/b11-6+. The second-order valence-electron chi connectivity index (χ2n) is 4.92. The van der Waals surface area contributed by atoms with E-state index in [0.29, 0.717) is 23.6 Å². The molecule has 1 amide bonds. The maximum absolute atomic E-state index is 12.6. The van der Waals surface area contributed by atoms with E-state index in [9.17, 15) is 23.2 Å². The van der Waals surface area contributed by atoms with Gasteiger partial charge in [-0.15, -0.1) is 11.3 Å². The molecular formula is C16H13F3N4OS. The summed E-state index contributed by atoms with van der Waals surface area (Å²) in [6.45, 7) is 3.69. The molecule has 2 aromatic heterocycles. The van der Waals surface area contributed by atoms with Crippen LogP contribution in [0, 0.1) is 11.3 Å². The Bertz CT molecular complexity index is 834. The molecule has 0 aliphatic heterocycles. The lowest BCUT2D eigenvalue weighted by atomic mass is 10.1. The van der Waals surface area contributed by atoms with Gasteiger partial charge in [0.15, 0.2) is 5.13 Å². The van der Waals surface area contributed by atoms with E-state index in [0.717, 1.165) is 12.1 Å². The fourth-order valence-corrected chi connectivity index (χ4v) is 2.88. The van der Waals surface area contributed by atoms with Crippen molar-refractivity contribution in [1.29, 1.82) is 5.26 Å². The molecule has 2 heterocycles. The number of halogens is 3. The maximum Gasteiger partial charge on any atom is 0.417 e. The summed E-state index contributed by atoms with van der Waals surface area (Å²) in [6.07, 6.45) is -2.38. The number of hydrogen-bond donors (Lipinski definition) is 0. The van der Waals surface area contributed by atoms with E-state index in [1.165, 1.54) is 29.2 Å². The van der Waals surface area contributed by atoms with Gasteiger partial charge in [-0.1, -0.05) is 0 Å². The highest BCUT2D eigenvalue weighted by atomic mass is 32.1. The summed E-state index contributed by atoms with van der Waals surface area (Å²) in [5, 5.41) is 11.4. The number of rotatable bonds is 4. The van der Waals surface area contributed by atoms with Crippen LogP contribution in [0.25, 0.3) is 11.6 Å². The van der Waals surface area contributed by atoms with Crippen molar-refractivity contribution < 1.29 is 18.0 Å². The molecule has 0 saturated carbocycles. The fraction of sp³-hybridized carbons (Fsp3) is 0.250. The zero-order valence-electron chi connectivity index (χ0n) is 13.3. The largest absolute Gasteiger partial charge is 0.417 e. The zero-order chi connectivity index (χ0) is 18.6. The van der Waals surface area contributed by atoms with Crippen LogP contribution in [0.15, 0.2) is 23.7 Å². The van der Waals surface area contributed by atoms with Crippen LogP contribution in [0.3, 0.4) is 0 Å². The normalized spacial score (nSPS) is 11.9. The Balaban J connectivity index is 2.31. The topological polar surface area (TPSA) is 69.9 Å². The van der Waals surface area contributed by atoms with Crippen molar-refractivity contribution in [3.05, 3.63) is 40.7 Å². The molecule has 5 nitrogen and oxygen atoms in total. The number of carbonyl (C=O) groups is 1. The van der Waals surface area contributed by atoms with Crippen molar-refractivity contribution in [3.63, 3.8) is 0 Å². The second kappa shape index (κ2) is 7.44. The Morgan fingerprint density at radius 2 is 2.16 bits per heavy atom. The van der Waals surface area contributed by atoms with E-state index < -0.39 is 11.7 Å². The number of amides is 1. The first-order chi connectivity index (χ1) is 11.8. The Morgan fingerprint density at radius 1 is 1.44 bits per heavy atom. The van der Waals surface area contributed by atoms with Gasteiger partial charge in [0.05, 0.1) is 22.5 Å². The quantitative estimate of drug-likeness (QED) is 0.767. The molecular weight excluding hydrogens is 353 g/mol. The summed E-state index contributed by atoms with van der Waals surface area (Å²) < 4.78 is 37.7. The number of hydrogen-bond acceptors (Lipinski definition) is 5. The summed E-state index contributed by atoms with van der Waals surface area (Å²) in [5.74, 6) is -0.155. The zero-order valence-corrected chi connectivity index (χ0v) is 14.1. The number of nitrogens with zero attached hydrogens (tertiary/aromatic N) is 4. The molecule has 0 N–H and O–H groups in total. The Kier molecular flexibility index (Phi) is 5.54. The molecule has 0 atom stereocenters. The van der Waals surface area contributed by atoms with E-state index in [4.69, 9.17) is 0 Å². The Morgan fingerprint density at radius 3 is 2.64 bits per heavy atom. The van der Waals surface area contributed by atoms with E-state index in [1.54, 1.807) is 5.38 Å². The number of aromatic nitrogens is 2. The minimum atomic E-state index is -4.48. The van der Waals surface area contributed by atoms with Gasteiger partial charge in [0.2, 0.25) is 5.91 Å². The summed E-state index contributed by atoms with van der Waals surface area (Å²) in [6, 6.07) is 3.91. The number of nitriles is 1. The summed E-state index contributed by atoms with van der Waals surface area (Å²) >= 11 is 1.23. The monoisotopic (exact) mass is 366 g/mol. The molecule has 0 spiro atoms. The summed E-state index contributed by atoms with van der Waals surface area (Å²) in [5.41, 5.74) is -0.261. The lowest BCUT2D eigenvalue weighted by Gasteiger charge is -2.14. The summed E-state index contributed by atoms with van der Waals surface area (Å²) in [4.78, 5) is 21.0. The summed E-state index contributed by atoms with van der Waals surface area (Å²) in [7, 11) is 0. The van der Waals surface area contributed by atoms with Crippen LogP contribution in [0.5, 0.6) is 0 Å².